The van der Waals surface area contributed by atoms with Crippen molar-refractivity contribution in [3.63, 3.8) is 0 Å². The van der Waals surface area contributed by atoms with Gasteiger partial charge in [0.1, 0.15) is 5.75 Å². The van der Waals surface area contributed by atoms with Crippen molar-refractivity contribution in [2.45, 2.75) is 45.1 Å². The van der Waals surface area contributed by atoms with Crippen molar-refractivity contribution in [2.24, 2.45) is 11.7 Å². The van der Waals surface area contributed by atoms with Crippen LogP contribution in [0.3, 0.4) is 0 Å². The lowest BCUT2D eigenvalue weighted by Crippen LogP contribution is -2.34. The van der Waals surface area contributed by atoms with E-state index in [0.29, 0.717) is 17.9 Å². The number of Topliss-reactive ketones (excluding diaryl/α,β-unsaturated/α-hetero) is 1. The Morgan fingerprint density at radius 2 is 2.16 bits per heavy atom. The molecule has 1 heterocycles. The number of nitrogens with two attached hydrogens (primary N) is 1. The van der Waals surface area contributed by atoms with Crippen LogP contribution >= 0.6 is 0 Å². The number of nitrogens with zero attached hydrogens (tertiary/aromatic N) is 1. The van der Waals surface area contributed by atoms with Gasteiger partial charge < -0.3 is 10.5 Å². The second-order valence-corrected chi connectivity index (χ2v) is 5.11. The zero-order chi connectivity index (χ0) is 13.7. The first-order valence-electron chi connectivity index (χ1n) is 7.10. The predicted octanol–water partition coefficient (Wildman–Crippen LogP) is 2.57. The molecule has 0 radical (unpaired) electrons. The number of carbonyl (C=O) groups excluding carboxylic acids is 1. The maximum atomic E-state index is 12.5. The summed E-state index contributed by atoms with van der Waals surface area (Å²) in [5.74, 6) is 0.695. The van der Waals surface area contributed by atoms with Gasteiger partial charge in [0.25, 0.3) is 0 Å². The lowest BCUT2D eigenvalue weighted by molar-refractivity contribution is 0.0894. The third kappa shape index (κ3) is 3.53. The largest absolute Gasteiger partial charge is 0.492 e. The van der Waals surface area contributed by atoms with E-state index >= 15 is 0 Å². The molecule has 2 unspecified atom stereocenters. The molecule has 0 spiro atoms. The van der Waals surface area contributed by atoms with Gasteiger partial charge in [-0.15, -0.1) is 0 Å². The van der Waals surface area contributed by atoms with E-state index in [1.165, 1.54) is 6.42 Å². The Morgan fingerprint density at radius 1 is 1.37 bits per heavy atom. The minimum atomic E-state index is -0.0684. The van der Waals surface area contributed by atoms with Crippen LogP contribution in [0.5, 0.6) is 5.75 Å². The lowest BCUT2D eigenvalue weighted by Gasteiger charge is -2.20. The molecular weight excluding hydrogens is 240 g/mol. The number of pyridine rings is 1. The Morgan fingerprint density at radius 3 is 2.95 bits per heavy atom. The minimum absolute atomic E-state index is 0.0225. The van der Waals surface area contributed by atoms with E-state index in [9.17, 15) is 4.79 Å². The molecule has 0 aromatic carbocycles. The molecule has 1 aromatic rings. The van der Waals surface area contributed by atoms with Crippen molar-refractivity contribution in [1.29, 1.82) is 0 Å². The van der Waals surface area contributed by atoms with Crippen molar-refractivity contribution in [3.05, 3.63) is 24.0 Å². The molecule has 0 bridgehead atoms. The van der Waals surface area contributed by atoms with E-state index in [1.807, 2.05) is 6.92 Å². The second-order valence-electron chi connectivity index (χ2n) is 5.11. The molecule has 1 aliphatic rings. The zero-order valence-electron chi connectivity index (χ0n) is 11.5. The third-order valence-electron chi connectivity index (χ3n) is 3.71. The van der Waals surface area contributed by atoms with Crippen LogP contribution in [-0.2, 0) is 0 Å². The Balaban J connectivity index is 2.15. The van der Waals surface area contributed by atoms with Gasteiger partial charge in [-0.05, 0) is 25.8 Å². The Bertz CT molecular complexity index is 434. The molecular formula is C15H22N2O2. The standard InChI is InChI=1S/C15H22N2O2/c1-2-19-12-8-11(9-17-10-12)15(18)13-6-4-3-5-7-14(13)16/h8-10,13-14H,2-7,16H2,1H3. The van der Waals surface area contributed by atoms with E-state index in [-0.39, 0.29) is 17.7 Å². The van der Waals surface area contributed by atoms with Gasteiger partial charge in [0.2, 0.25) is 0 Å². The van der Waals surface area contributed by atoms with Gasteiger partial charge in [0.15, 0.2) is 5.78 Å². The first-order valence-corrected chi connectivity index (χ1v) is 7.10. The van der Waals surface area contributed by atoms with Gasteiger partial charge in [-0.3, -0.25) is 9.78 Å². The van der Waals surface area contributed by atoms with Gasteiger partial charge in [-0.1, -0.05) is 19.3 Å². The number of aromatic nitrogens is 1. The van der Waals surface area contributed by atoms with Crippen LogP contribution in [0.4, 0.5) is 0 Å². The number of ether oxygens (including phenoxy) is 1. The minimum Gasteiger partial charge on any atom is -0.492 e. The first kappa shape index (κ1) is 14.0. The molecule has 19 heavy (non-hydrogen) atoms. The Labute approximate surface area is 114 Å². The van der Waals surface area contributed by atoms with Crippen molar-refractivity contribution >= 4 is 5.78 Å². The average molecular weight is 262 g/mol. The summed E-state index contributed by atoms with van der Waals surface area (Å²) >= 11 is 0. The highest BCUT2D eigenvalue weighted by atomic mass is 16.5. The smallest absolute Gasteiger partial charge is 0.169 e. The topological polar surface area (TPSA) is 65.2 Å². The second kappa shape index (κ2) is 6.66. The molecule has 1 fully saturated rings. The fourth-order valence-electron chi connectivity index (χ4n) is 2.68. The normalized spacial score (nSPS) is 23.7. The molecule has 104 valence electrons. The summed E-state index contributed by atoms with van der Waals surface area (Å²) < 4.78 is 5.39. The molecule has 0 aliphatic heterocycles. The lowest BCUT2D eigenvalue weighted by atomic mass is 9.88. The van der Waals surface area contributed by atoms with E-state index in [2.05, 4.69) is 4.98 Å². The van der Waals surface area contributed by atoms with Gasteiger partial charge in [-0.25, -0.2) is 0 Å². The molecule has 1 aliphatic carbocycles. The predicted molar refractivity (Wildman–Crippen MR) is 74.3 cm³/mol. The van der Waals surface area contributed by atoms with Gasteiger partial charge >= 0.3 is 0 Å². The first-order chi connectivity index (χ1) is 9.22. The molecule has 0 saturated heterocycles. The number of carbonyl (C=O) groups is 1. The Kier molecular flexibility index (Phi) is 4.91. The molecule has 2 N–H and O–H groups in total. The summed E-state index contributed by atoms with van der Waals surface area (Å²) in [6.45, 7) is 2.48. The van der Waals surface area contributed by atoms with Crippen molar-refractivity contribution in [1.82, 2.24) is 4.98 Å². The highest BCUT2D eigenvalue weighted by molar-refractivity contribution is 5.98. The van der Waals surface area contributed by atoms with Crippen molar-refractivity contribution in [3.8, 4) is 5.75 Å². The maximum Gasteiger partial charge on any atom is 0.169 e. The molecule has 1 saturated carbocycles. The maximum absolute atomic E-state index is 12.5. The zero-order valence-corrected chi connectivity index (χ0v) is 11.5. The van der Waals surface area contributed by atoms with Crippen LogP contribution in [0.1, 0.15) is 49.4 Å². The summed E-state index contributed by atoms with van der Waals surface area (Å²) in [6.07, 6.45) is 8.46. The number of ketones is 1. The van der Waals surface area contributed by atoms with Crippen LogP contribution in [0.25, 0.3) is 0 Å². The highest BCUT2D eigenvalue weighted by Crippen LogP contribution is 2.26. The van der Waals surface area contributed by atoms with Crippen molar-refractivity contribution < 1.29 is 9.53 Å². The van der Waals surface area contributed by atoms with Gasteiger partial charge in [-0.2, -0.15) is 0 Å². The molecule has 2 rings (SSSR count). The average Bonchev–Trinajstić information content (AvgIpc) is 2.63. The van der Waals surface area contributed by atoms with Gasteiger partial charge in [0.05, 0.1) is 12.8 Å². The fraction of sp³-hybridized carbons (Fsp3) is 0.600. The Hall–Kier alpha value is -1.42. The SMILES string of the molecule is CCOc1cncc(C(=O)C2CCCCCC2N)c1. The quantitative estimate of drug-likeness (QED) is 0.669. The summed E-state index contributed by atoms with van der Waals surface area (Å²) in [6, 6.07) is 1.75. The monoisotopic (exact) mass is 262 g/mol. The van der Waals surface area contributed by atoms with Crippen LogP contribution in [0, 0.1) is 5.92 Å². The van der Waals surface area contributed by atoms with Crippen LogP contribution < -0.4 is 10.5 Å². The van der Waals surface area contributed by atoms with E-state index < -0.39 is 0 Å². The van der Waals surface area contributed by atoms with Crippen molar-refractivity contribution in [2.75, 3.05) is 6.61 Å². The molecule has 0 amide bonds. The van der Waals surface area contributed by atoms with E-state index in [0.717, 1.165) is 25.7 Å². The molecule has 1 aromatic heterocycles. The van der Waals surface area contributed by atoms with Crippen LogP contribution in [0.15, 0.2) is 18.5 Å². The van der Waals surface area contributed by atoms with Crippen LogP contribution in [0.2, 0.25) is 0 Å². The number of rotatable bonds is 4. The molecule has 4 heteroatoms. The molecule has 4 nitrogen and oxygen atoms in total. The summed E-state index contributed by atoms with van der Waals surface area (Å²) in [4.78, 5) is 16.6. The van der Waals surface area contributed by atoms with Gasteiger partial charge in [0, 0.05) is 23.7 Å². The summed E-state index contributed by atoms with van der Waals surface area (Å²) in [5, 5.41) is 0. The highest BCUT2D eigenvalue weighted by Gasteiger charge is 2.28. The number of hydrogen-bond acceptors (Lipinski definition) is 4. The molecule has 2 atom stereocenters. The van der Waals surface area contributed by atoms with E-state index in [4.69, 9.17) is 10.5 Å². The fourth-order valence-corrected chi connectivity index (χ4v) is 2.68. The summed E-state index contributed by atoms with van der Waals surface area (Å²) in [5.41, 5.74) is 6.76. The third-order valence-corrected chi connectivity index (χ3v) is 3.71. The number of hydrogen-bond donors (Lipinski definition) is 1. The summed E-state index contributed by atoms with van der Waals surface area (Å²) in [7, 11) is 0. The van der Waals surface area contributed by atoms with Crippen LogP contribution in [-0.4, -0.2) is 23.4 Å². The van der Waals surface area contributed by atoms with E-state index in [1.54, 1.807) is 18.5 Å².